The van der Waals surface area contributed by atoms with Crippen molar-refractivity contribution in [1.82, 2.24) is 4.90 Å². The van der Waals surface area contributed by atoms with Crippen LogP contribution in [0.25, 0.3) is 0 Å². The maximum absolute atomic E-state index is 10.3. The molecule has 0 bridgehead atoms. The minimum Gasteiger partial charge on any atom is -0.480 e. The fourth-order valence-corrected chi connectivity index (χ4v) is 0.997. The highest BCUT2D eigenvalue weighted by Gasteiger charge is 2.09. The molecule has 0 saturated heterocycles. The third-order valence-corrected chi connectivity index (χ3v) is 1.62. The van der Waals surface area contributed by atoms with Gasteiger partial charge in [0.15, 0.2) is 0 Å². The smallest absolute Gasteiger partial charge is 0.323 e. The maximum atomic E-state index is 10.3. The third-order valence-electron chi connectivity index (χ3n) is 1.62. The molecule has 1 rings (SSSR count). The molecule has 0 aliphatic carbocycles. The Labute approximate surface area is 65.6 Å². The first-order chi connectivity index (χ1) is 5.20. The Morgan fingerprint density at radius 3 is 3.09 bits per heavy atom. The molecule has 0 spiro atoms. The van der Waals surface area contributed by atoms with E-state index >= 15 is 0 Å². The van der Waals surface area contributed by atoms with Crippen LogP contribution in [0.15, 0.2) is 23.9 Å². The van der Waals surface area contributed by atoms with Crippen molar-refractivity contribution < 1.29 is 9.90 Å². The van der Waals surface area contributed by atoms with Crippen molar-refractivity contribution >= 4 is 5.97 Å². The Balaban J connectivity index is 2.54. The van der Waals surface area contributed by atoms with Gasteiger partial charge in [-0.05, 0) is 13.0 Å². The first-order valence-corrected chi connectivity index (χ1v) is 3.50. The Kier molecular flexibility index (Phi) is 2.31. The lowest BCUT2D eigenvalue weighted by molar-refractivity contribution is -0.137. The Bertz CT molecular complexity index is 218. The normalized spacial score (nSPS) is 16.5. The summed E-state index contributed by atoms with van der Waals surface area (Å²) in [5.41, 5.74) is 1.01. The van der Waals surface area contributed by atoms with Gasteiger partial charge in [-0.3, -0.25) is 4.79 Å². The standard InChI is InChI=1S/C8H11NO2/c1-7-4-2-3-5-9(7)6-8(10)11/h2-4H,5-6H2,1H3,(H,10,11). The number of nitrogens with zero attached hydrogens (tertiary/aromatic N) is 1. The zero-order valence-electron chi connectivity index (χ0n) is 6.45. The first-order valence-electron chi connectivity index (χ1n) is 3.50. The predicted molar refractivity (Wildman–Crippen MR) is 42.1 cm³/mol. The molecular formula is C8H11NO2. The number of carbonyl (C=O) groups is 1. The van der Waals surface area contributed by atoms with E-state index in [-0.39, 0.29) is 6.54 Å². The summed E-state index contributed by atoms with van der Waals surface area (Å²) in [6.07, 6.45) is 5.79. The lowest BCUT2D eigenvalue weighted by Crippen LogP contribution is -2.29. The molecule has 0 fully saturated rings. The van der Waals surface area contributed by atoms with Crippen molar-refractivity contribution in [1.29, 1.82) is 0 Å². The van der Waals surface area contributed by atoms with Crippen LogP contribution < -0.4 is 0 Å². The zero-order valence-corrected chi connectivity index (χ0v) is 6.45. The van der Waals surface area contributed by atoms with E-state index < -0.39 is 5.97 Å². The predicted octanol–water partition coefficient (Wildman–Crippen LogP) is 0.847. The molecule has 1 aliphatic heterocycles. The van der Waals surface area contributed by atoms with E-state index in [0.717, 1.165) is 5.70 Å². The second kappa shape index (κ2) is 3.23. The average Bonchev–Trinajstić information content (AvgIpc) is 1.93. The van der Waals surface area contributed by atoms with Crippen LogP contribution in [0.1, 0.15) is 6.92 Å². The van der Waals surface area contributed by atoms with Gasteiger partial charge in [0.2, 0.25) is 0 Å². The fourth-order valence-electron chi connectivity index (χ4n) is 0.997. The maximum Gasteiger partial charge on any atom is 0.323 e. The first kappa shape index (κ1) is 7.85. The minimum atomic E-state index is -0.784. The Morgan fingerprint density at radius 2 is 2.55 bits per heavy atom. The number of allylic oxidation sites excluding steroid dienone is 3. The van der Waals surface area contributed by atoms with Gasteiger partial charge in [-0.2, -0.15) is 0 Å². The number of carboxylic acids is 1. The van der Waals surface area contributed by atoms with Crippen molar-refractivity contribution in [3.05, 3.63) is 23.9 Å². The van der Waals surface area contributed by atoms with E-state index in [0.29, 0.717) is 6.54 Å². The third kappa shape index (κ3) is 2.11. The molecule has 0 aromatic rings. The molecule has 0 amide bonds. The van der Waals surface area contributed by atoms with Crippen molar-refractivity contribution in [2.75, 3.05) is 13.1 Å². The molecule has 11 heavy (non-hydrogen) atoms. The van der Waals surface area contributed by atoms with Crippen molar-refractivity contribution in [3.63, 3.8) is 0 Å². The highest BCUT2D eigenvalue weighted by atomic mass is 16.4. The lowest BCUT2D eigenvalue weighted by atomic mass is 10.2. The number of hydrogen-bond acceptors (Lipinski definition) is 2. The van der Waals surface area contributed by atoms with Gasteiger partial charge < -0.3 is 10.0 Å². The van der Waals surface area contributed by atoms with Crippen molar-refractivity contribution in [3.8, 4) is 0 Å². The highest BCUT2D eigenvalue weighted by molar-refractivity contribution is 5.69. The van der Waals surface area contributed by atoms with Gasteiger partial charge >= 0.3 is 5.97 Å². The zero-order chi connectivity index (χ0) is 8.27. The van der Waals surface area contributed by atoms with E-state index in [1.807, 2.05) is 30.1 Å². The van der Waals surface area contributed by atoms with E-state index in [4.69, 9.17) is 5.11 Å². The average molecular weight is 153 g/mol. The fraction of sp³-hybridized carbons (Fsp3) is 0.375. The van der Waals surface area contributed by atoms with Crippen LogP contribution in [0.5, 0.6) is 0 Å². The molecule has 1 N–H and O–H groups in total. The summed E-state index contributed by atoms with van der Waals surface area (Å²) in [7, 11) is 0. The monoisotopic (exact) mass is 153 g/mol. The summed E-state index contributed by atoms with van der Waals surface area (Å²) in [5.74, 6) is -0.784. The van der Waals surface area contributed by atoms with Crippen LogP contribution in [-0.2, 0) is 4.79 Å². The highest BCUT2D eigenvalue weighted by Crippen LogP contribution is 2.07. The number of carboxylic acid groups (broad SMARTS) is 1. The topological polar surface area (TPSA) is 40.5 Å². The van der Waals surface area contributed by atoms with E-state index in [9.17, 15) is 4.79 Å². The molecule has 0 saturated carbocycles. The number of rotatable bonds is 2. The van der Waals surface area contributed by atoms with Crippen LogP contribution in [0.3, 0.4) is 0 Å². The second-order valence-electron chi connectivity index (χ2n) is 2.51. The molecule has 3 heteroatoms. The summed E-state index contributed by atoms with van der Waals surface area (Å²) in [5, 5.41) is 8.49. The number of hydrogen-bond donors (Lipinski definition) is 1. The quantitative estimate of drug-likeness (QED) is 0.639. The van der Waals surface area contributed by atoms with Gasteiger partial charge in [-0.25, -0.2) is 0 Å². The van der Waals surface area contributed by atoms with Crippen LogP contribution in [0, 0.1) is 0 Å². The summed E-state index contributed by atoms with van der Waals surface area (Å²) >= 11 is 0. The molecular weight excluding hydrogens is 142 g/mol. The molecule has 0 aromatic heterocycles. The van der Waals surface area contributed by atoms with Crippen LogP contribution in [-0.4, -0.2) is 29.1 Å². The Hall–Kier alpha value is -1.25. The molecule has 0 radical (unpaired) electrons. The van der Waals surface area contributed by atoms with Gasteiger partial charge in [-0.15, -0.1) is 0 Å². The van der Waals surface area contributed by atoms with Gasteiger partial charge in [-0.1, -0.05) is 12.2 Å². The van der Waals surface area contributed by atoms with E-state index in [1.165, 1.54) is 0 Å². The van der Waals surface area contributed by atoms with Gasteiger partial charge in [0.05, 0.1) is 0 Å². The molecule has 0 aromatic carbocycles. The van der Waals surface area contributed by atoms with Crippen molar-refractivity contribution in [2.24, 2.45) is 0 Å². The molecule has 3 nitrogen and oxygen atoms in total. The molecule has 1 aliphatic rings. The van der Waals surface area contributed by atoms with E-state index in [1.54, 1.807) is 0 Å². The minimum absolute atomic E-state index is 0.0900. The molecule has 0 atom stereocenters. The lowest BCUT2D eigenvalue weighted by Gasteiger charge is -2.23. The SMILES string of the molecule is CC1=CC=CCN1CC(=O)O. The molecule has 0 unspecified atom stereocenters. The summed E-state index contributed by atoms with van der Waals surface area (Å²) in [6, 6.07) is 0. The van der Waals surface area contributed by atoms with Gasteiger partial charge in [0.25, 0.3) is 0 Å². The van der Waals surface area contributed by atoms with Gasteiger partial charge in [0, 0.05) is 12.2 Å². The molecule has 60 valence electrons. The van der Waals surface area contributed by atoms with E-state index in [2.05, 4.69) is 0 Å². The van der Waals surface area contributed by atoms with Crippen LogP contribution >= 0.6 is 0 Å². The van der Waals surface area contributed by atoms with Crippen LogP contribution in [0.4, 0.5) is 0 Å². The van der Waals surface area contributed by atoms with Gasteiger partial charge in [0.1, 0.15) is 6.54 Å². The second-order valence-corrected chi connectivity index (χ2v) is 2.51. The largest absolute Gasteiger partial charge is 0.480 e. The summed E-state index contributed by atoms with van der Waals surface area (Å²) in [6.45, 7) is 2.70. The van der Waals surface area contributed by atoms with Crippen molar-refractivity contribution in [2.45, 2.75) is 6.92 Å². The molecule has 1 heterocycles. The summed E-state index contributed by atoms with van der Waals surface area (Å²) in [4.78, 5) is 12.1. The number of aliphatic carboxylic acids is 1. The Morgan fingerprint density at radius 1 is 1.82 bits per heavy atom. The van der Waals surface area contributed by atoms with Crippen LogP contribution in [0.2, 0.25) is 0 Å². The summed E-state index contributed by atoms with van der Waals surface area (Å²) < 4.78 is 0.